The molecule has 108 valence electrons. The lowest BCUT2D eigenvalue weighted by Gasteiger charge is -2.12. The molecule has 2 aromatic carbocycles. The summed E-state index contributed by atoms with van der Waals surface area (Å²) < 4.78 is 2.91. The molecule has 0 amide bonds. The fourth-order valence-electron chi connectivity index (χ4n) is 2.26. The first-order valence-corrected chi connectivity index (χ1v) is 8.28. The fraction of sp³-hybridized carbons (Fsp3) is 0.133. The highest BCUT2D eigenvalue weighted by molar-refractivity contribution is 9.10. The standard InChI is InChI=1S/C15H10BrCl3N2/c1-8-4-11(19)13(6-10(8)18)21-14-5-9(16)2-3-12(14)20-15(21)7-17/h2-6H,7H2,1H3. The number of aromatic nitrogens is 2. The van der Waals surface area contributed by atoms with Crippen molar-refractivity contribution < 1.29 is 0 Å². The molecule has 0 aliphatic rings. The van der Waals surface area contributed by atoms with Gasteiger partial charge in [0, 0.05) is 9.50 Å². The minimum absolute atomic E-state index is 0.286. The highest BCUT2D eigenvalue weighted by Crippen LogP contribution is 2.32. The summed E-state index contributed by atoms with van der Waals surface area (Å²) in [5.74, 6) is 1.01. The lowest BCUT2D eigenvalue weighted by atomic mass is 10.2. The number of aryl methyl sites for hydroxylation is 1. The van der Waals surface area contributed by atoms with E-state index in [1.165, 1.54) is 0 Å². The van der Waals surface area contributed by atoms with E-state index in [0.29, 0.717) is 10.0 Å². The average molecular weight is 405 g/mol. The van der Waals surface area contributed by atoms with Crippen molar-refractivity contribution in [2.24, 2.45) is 0 Å². The van der Waals surface area contributed by atoms with Crippen molar-refractivity contribution in [1.29, 1.82) is 0 Å². The van der Waals surface area contributed by atoms with Crippen LogP contribution >= 0.6 is 50.7 Å². The number of alkyl halides is 1. The monoisotopic (exact) mass is 402 g/mol. The molecule has 0 aliphatic carbocycles. The first kappa shape index (κ1) is 15.2. The molecule has 3 rings (SSSR count). The molecule has 0 N–H and O–H groups in total. The van der Waals surface area contributed by atoms with Crippen LogP contribution in [0.2, 0.25) is 10.0 Å². The molecule has 0 unspecified atom stereocenters. The fourth-order valence-corrected chi connectivity index (χ4v) is 3.25. The summed E-state index contributed by atoms with van der Waals surface area (Å²) in [5, 5.41) is 1.27. The van der Waals surface area contributed by atoms with Gasteiger partial charge in [-0.3, -0.25) is 4.57 Å². The average Bonchev–Trinajstić information content (AvgIpc) is 2.80. The number of halogens is 4. The van der Waals surface area contributed by atoms with Gasteiger partial charge in [-0.15, -0.1) is 11.6 Å². The lowest BCUT2D eigenvalue weighted by molar-refractivity contribution is 0.981. The molecule has 2 nitrogen and oxygen atoms in total. The Morgan fingerprint density at radius 3 is 2.62 bits per heavy atom. The number of hydrogen-bond donors (Lipinski definition) is 0. The van der Waals surface area contributed by atoms with Crippen molar-refractivity contribution in [3.63, 3.8) is 0 Å². The van der Waals surface area contributed by atoms with E-state index in [4.69, 9.17) is 34.8 Å². The second-order valence-corrected chi connectivity index (χ2v) is 6.68. The van der Waals surface area contributed by atoms with Gasteiger partial charge in [0.2, 0.25) is 0 Å². The Morgan fingerprint density at radius 2 is 1.90 bits per heavy atom. The van der Waals surface area contributed by atoms with Gasteiger partial charge in [0.1, 0.15) is 5.82 Å². The Bertz CT molecular complexity index is 843. The van der Waals surface area contributed by atoms with Gasteiger partial charge in [-0.05, 0) is 42.8 Å². The third-order valence-electron chi connectivity index (χ3n) is 3.27. The van der Waals surface area contributed by atoms with E-state index in [-0.39, 0.29) is 5.88 Å². The Hall–Kier alpha value is -0.740. The van der Waals surface area contributed by atoms with Crippen LogP contribution in [0.1, 0.15) is 11.4 Å². The molecule has 0 spiro atoms. The van der Waals surface area contributed by atoms with Crippen LogP contribution in [0.3, 0.4) is 0 Å². The molecular weight excluding hydrogens is 394 g/mol. The molecule has 1 aromatic heterocycles. The summed E-state index contributed by atoms with van der Waals surface area (Å²) in [6.07, 6.45) is 0. The van der Waals surface area contributed by atoms with E-state index >= 15 is 0 Å². The molecule has 21 heavy (non-hydrogen) atoms. The van der Waals surface area contributed by atoms with Crippen LogP contribution in [0.25, 0.3) is 16.7 Å². The molecule has 0 radical (unpaired) electrons. The van der Waals surface area contributed by atoms with Crippen LogP contribution in [-0.2, 0) is 5.88 Å². The molecule has 3 aromatic rings. The van der Waals surface area contributed by atoms with Gasteiger partial charge < -0.3 is 0 Å². The van der Waals surface area contributed by atoms with Gasteiger partial charge in [0.05, 0.1) is 27.6 Å². The summed E-state index contributed by atoms with van der Waals surface area (Å²) in [5.41, 5.74) is 3.51. The summed E-state index contributed by atoms with van der Waals surface area (Å²) in [6, 6.07) is 9.57. The van der Waals surface area contributed by atoms with Crippen LogP contribution in [0.5, 0.6) is 0 Å². The van der Waals surface area contributed by atoms with Crippen LogP contribution in [0.4, 0.5) is 0 Å². The first-order chi connectivity index (χ1) is 10.0. The predicted molar refractivity (Wildman–Crippen MR) is 93.1 cm³/mol. The number of nitrogens with zero attached hydrogens (tertiary/aromatic N) is 2. The predicted octanol–water partition coefficient (Wildman–Crippen LogP) is 6.14. The zero-order valence-corrected chi connectivity index (χ0v) is 14.9. The highest BCUT2D eigenvalue weighted by atomic mass is 79.9. The molecule has 0 saturated heterocycles. The SMILES string of the molecule is Cc1cc(Cl)c(-n2c(CCl)nc3ccc(Br)cc32)cc1Cl. The molecule has 0 saturated carbocycles. The van der Waals surface area contributed by atoms with Gasteiger partial charge in [-0.25, -0.2) is 4.98 Å². The number of benzene rings is 2. The van der Waals surface area contributed by atoms with Crippen molar-refractivity contribution in [3.8, 4) is 5.69 Å². The summed E-state index contributed by atoms with van der Waals surface area (Å²) in [7, 11) is 0. The maximum atomic E-state index is 6.40. The second-order valence-electron chi connectivity index (χ2n) is 4.68. The highest BCUT2D eigenvalue weighted by Gasteiger charge is 2.15. The Labute approximate surface area is 145 Å². The van der Waals surface area contributed by atoms with E-state index in [0.717, 1.165) is 32.6 Å². The van der Waals surface area contributed by atoms with Crippen molar-refractivity contribution >= 4 is 61.8 Å². The van der Waals surface area contributed by atoms with Gasteiger partial charge >= 0.3 is 0 Å². The van der Waals surface area contributed by atoms with Crippen LogP contribution in [0, 0.1) is 6.92 Å². The van der Waals surface area contributed by atoms with Crippen molar-refractivity contribution in [3.05, 3.63) is 56.2 Å². The maximum Gasteiger partial charge on any atom is 0.129 e. The van der Waals surface area contributed by atoms with Gasteiger partial charge in [0.15, 0.2) is 0 Å². The zero-order chi connectivity index (χ0) is 15.1. The zero-order valence-electron chi connectivity index (χ0n) is 11.0. The molecule has 0 bridgehead atoms. The maximum absolute atomic E-state index is 6.40. The molecule has 1 heterocycles. The molecule has 0 atom stereocenters. The third-order valence-corrected chi connectivity index (χ3v) is 4.72. The van der Waals surface area contributed by atoms with E-state index in [1.54, 1.807) is 0 Å². The molecular formula is C15H10BrCl3N2. The normalized spacial score (nSPS) is 11.3. The topological polar surface area (TPSA) is 17.8 Å². The van der Waals surface area contributed by atoms with Crippen LogP contribution < -0.4 is 0 Å². The number of hydrogen-bond acceptors (Lipinski definition) is 1. The van der Waals surface area contributed by atoms with Gasteiger partial charge in [-0.2, -0.15) is 0 Å². The summed E-state index contributed by atoms with van der Waals surface area (Å²) >= 11 is 22.2. The Morgan fingerprint density at radius 1 is 1.14 bits per heavy atom. The molecule has 6 heteroatoms. The Balaban J connectivity index is 2.38. The number of rotatable bonds is 2. The summed E-state index contributed by atoms with van der Waals surface area (Å²) in [6.45, 7) is 1.92. The van der Waals surface area contributed by atoms with Crippen LogP contribution in [0.15, 0.2) is 34.8 Å². The minimum atomic E-state index is 0.286. The number of fused-ring (bicyclic) bond motifs is 1. The third kappa shape index (κ3) is 2.68. The molecule has 0 aliphatic heterocycles. The second kappa shape index (κ2) is 5.81. The first-order valence-electron chi connectivity index (χ1n) is 6.20. The Kier molecular flexibility index (Phi) is 4.19. The number of imidazole rings is 1. The minimum Gasteiger partial charge on any atom is -0.294 e. The smallest absolute Gasteiger partial charge is 0.129 e. The summed E-state index contributed by atoms with van der Waals surface area (Å²) in [4.78, 5) is 4.55. The lowest BCUT2D eigenvalue weighted by Crippen LogP contribution is -2.01. The largest absolute Gasteiger partial charge is 0.294 e. The van der Waals surface area contributed by atoms with Crippen molar-refractivity contribution in [1.82, 2.24) is 9.55 Å². The van der Waals surface area contributed by atoms with Gasteiger partial charge in [-0.1, -0.05) is 39.1 Å². The van der Waals surface area contributed by atoms with E-state index in [9.17, 15) is 0 Å². The van der Waals surface area contributed by atoms with Crippen molar-refractivity contribution in [2.45, 2.75) is 12.8 Å². The van der Waals surface area contributed by atoms with E-state index in [1.807, 2.05) is 41.8 Å². The van der Waals surface area contributed by atoms with E-state index in [2.05, 4.69) is 20.9 Å². The van der Waals surface area contributed by atoms with E-state index < -0.39 is 0 Å². The molecule has 0 fully saturated rings. The van der Waals surface area contributed by atoms with Crippen LogP contribution in [-0.4, -0.2) is 9.55 Å². The quantitative estimate of drug-likeness (QED) is 0.469. The van der Waals surface area contributed by atoms with Crippen molar-refractivity contribution in [2.75, 3.05) is 0 Å². The van der Waals surface area contributed by atoms with Gasteiger partial charge in [0.25, 0.3) is 0 Å².